The molecule has 8 aromatic carbocycles. The molecule has 95 heavy (non-hydrogen) atoms. The zero-order chi connectivity index (χ0) is 66.4. The van der Waals surface area contributed by atoms with Crippen molar-refractivity contribution in [1.82, 2.24) is 19.8 Å². The summed E-state index contributed by atoms with van der Waals surface area (Å²) in [7, 11) is -2.30. The van der Waals surface area contributed by atoms with Gasteiger partial charge in [0.15, 0.2) is 30.0 Å². The Morgan fingerprint density at radius 1 is 0.568 bits per heavy atom. The van der Waals surface area contributed by atoms with Gasteiger partial charge in [-0.25, -0.2) is 8.78 Å². The molecule has 11 aromatic rings. The van der Waals surface area contributed by atoms with Gasteiger partial charge in [-0.1, -0.05) is 174 Å². The largest absolute Gasteiger partial charge is 0.564 e. The summed E-state index contributed by atoms with van der Waals surface area (Å²) in [6, 6.07) is 62.3. The lowest BCUT2D eigenvalue weighted by molar-refractivity contribution is -0.511. The Hall–Kier alpha value is -10.8. The number of nitrogens with zero attached hydrogens (tertiary/aromatic N) is 7. The van der Waals surface area contributed by atoms with Gasteiger partial charge in [-0.05, 0) is 88.0 Å². The highest BCUT2D eigenvalue weighted by molar-refractivity contribution is 7.83. The van der Waals surface area contributed by atoms with Gasteiger partial charge in [0, 0.05) is 99.7 Å². The van der Waals surface area contributed by atoms with Crippen LogP contribution in [0.1, 0.15) is 77.4 Å². The Bertz CT molecular complexity index is 4650. The van der Waals surface area contributed by atoms with Gasteiger partial charge in [-0.15, -0.1) is 8.42 Å². The second-order valence-electron chi connectivity index (χ2n) is 24.4. The number of hydrogen-bond acceptors (Lipinski definition) is 12. The first-order chi connectivity index (χ1) is 45.9. The van der Waals surface area contributed by atoms with E-state index >= 15 is 0 Å². The van der Waals surface area contributed by atoms with E-state index in [1.165, 1.54) is 47.8 Å². The highest BCUT2D eigenvalue weighted by atomic mass is 32.2. The van der Waals surface area contributed by atoms with Crippen molar-refractivity contribution in [2.45, 2.75) is 64.1 Å². The van der Waals surface area contributed by atoms with Crippen molar-refractivity contribution in [2.75, 3.05) is 25.6 Å². The Kier molecular flexibility index (Phi) is 18.8. The van der Waals surface area contributed by atoms with Crippen LogP contribution in [0, 0.1) is 11.6 Å². The Morgan fingerprint density at radius 2 is 0.968 bits per heavy atom. The lowest BCUT2D eigenvalue weighted by Crippen LogP contribution is -2.42. The maximum atomic E-state index is 14.4. The van der Waals surface area contributed by atoms with E-state index in [4.69, 9.17) is 23.9 Å². The molecule has 0 N–H and O–H groups in total. The lowest BCUT2D eigenvalue weighted by Gasteiger charge is -2.25. The average molecular weight is 1310 g/mol. The molecule has 0 radical (unpaired) electrons. The summed E-state index contributed by atoms with van der Waals surface area (Å²) >= 11 is 0. The molecule has 0 bridgehead atoms. The standard InChI is InChI=1S/C39H32FN5O6S.C36H35FN2O3Si/c1-43(2)30-19-22-45(23-20-30)52(48,49)42-39(47)51-36-31-14-9-21-41-34(31)37(50-35(27-10-5-3-6-11-27)28-12-7-4-8-13-28)33-32(36)25-44(38(33)46)24-26-15-17-29(40)18-16-26;1-43(2,3)22-21-41-34-29-15-10-20-38-32(29)35(42-33(26-11-6-4-7-12-26)27-13-8-5-9-14-27)31-30(34)24-39(36(31)40)23-25-16-18-28(37)19-17-25/h3-23,35H,24-25H2,1-2H3;4-20,33H,21-24H2,1-3H3. The number of ether oxygens (including phenoxy) is 4. The fourth-order valence-electron chi connectivity index (χ4n) is 11.6. The van der Waals surface area contributed by atoms with Gasteiger partial charge in [0.1, 0.15) is 40.6 Å². The molecule has 0 saturated carbocycles. The summed E-state index contributed by atoms with van der Waals surface area (Å²) in [5.41, 5.74) is 8.30. The zero-order valence-corrected chi connectivity index (χ0v) is 54.6. The molecule has 0 fully saturated rings. The zero-order valence-electron chi connectivity index (χ0n) is 52.8. The highest BCUT2D eigenvalue weighted by Crippen LogP contribution is 2.49. The van der Waals surface area contributed by atoms with E-state index in [0.717, 1.165) is 54.5 Å². The monoisotopic (exact) mass is 1310 g/mol. The number of pyridine rings is 3. The first-order valence-corrected chi connectivity index (χ1v) is 36.0. The lowest BCUT2D eigenvalue weighted by atomic mass is 9.99. The van der Waals surface area contributed by atoms with Gasteiger partial charge in [-0.3, -0.25) is 19.6 Å². The Balaban J connectivity index is 0.000000185. The maximum Gasteiger partial charge on any atom is 0.493 e. The van der Waals surface area contributed by atoms with Gasteiger partial charge < -0.3 is 38.8 Å². The van der Waals surface area contributed by atoms with Gasteiger partial charge in [0.2, 0.25) is 0 Å². The van der Waals surface area contributed by atoms with E-state index in [1.807, 2.05) is 133 Å². The molecule has 2 aliphatic heterocycles. The van der Waals surface area contributed by atoms with Crippen LogP contribution in [0.3, 0.4) is 0 Å². The third-order valence-corrected chi connectivity index (χ3v) is 19.2. The average Bonchev–Trinajstić information content (AvgIpc) is 1.65. The van der Waals surface area contributed by atoms with Crippen LogP contribution in [-0.4, -0.2) is 74.9 Å². The molecule has 0 unspecified atom stereocenters. The van der Waals surface area contributed by atoms with Crippen molar-refractivity contribution in [1.29, 1.82) is 0 Å². The van der Waals surface area contributed by atoms with Gasteiger partial charge >= 0.3 is 10.2 Å². The first-order valence-electron chi connectivity index (χ1n) is 30.9. The minimum atomic E-state index is -4.54. The second-order valence-corrected chi connectivity index (χ2v) is 31.5. The van der Waals surface area contributed by atoms with E-state index in [9.17, 15) is 31.9 Å². The van der Waals surface area contributed by atoms with Crippen LogP contribution < -0.4 is 32.9 Å². The van der Waals surface area contributed by atoms with Crippen molar-refractivity contribution in [3.63, 3.8) is 0 Å². The van der Waals surface area contributed by atoms with Crippen LogP contribution in [0.5, 0.6) is 23.0 Å². The molecule has 5 heterocycles. The predicted molar refractivity (Wildman–Crippen MR) is 361 cm³/mol. The number of aromatic nitrogens is 3. The van der Waals surface area contributed by atoms with Crippen LogP contribution in [0.2, 0.25) is 25.7 Å². The van der Waals surface area contributed by atoms with Gasteiger partial charge in [-0.2, -0.15) is 0 Å². The van der Waals surface area contributed by atoms with E-state index in [2.05, 4.69) is 29.0 Å². The number of carbonyl (C=O) groups excluding carboxylic acids is 2. The number of carbonyl (C=O) groups is 2. The van der Waals surface area contributed by atoms with Crippen molar-refractivity contribution >= 4 is 63.7 Å². The highest BCUT2D eigenvalue weighted by Gasteiger charge is 2.39. The van der Waals surface area contributed by atoms with Crippen molar-refractivity contribution in [3.8, 4) is 23.0 Å². The number of fused-ring (bicyclic) bond motifs is 4. The van der Waals surface area contributed by atoms with Crippen molar-refractivity contribution in [3.05, 3.63) is 298 Å². The summed E-state index contributed by atoms with van der Waals surface area (Å²) < 4.78 is 84.0. The summed E-state index contributed by atoms with van der Waals surface area (Å²) in [6.45, 7) is 8.28. The molecule has 480 valence electrons. The van der Waals surface area contributed by atoms with Gasteiger partial charge in [0.05, 0.1) is 24.3 Å². The first kappa shape index (κ1) is 64.3. The fourth-order valence-corrected chi connectivity index (χ4v) is 13.0. The number of rotatable bonds is 20. The molecule has 0 saturated heterocycles. The molecule has 0 atom stereocenters. The third-order valence-electron chi connectivity index (χ3n) is 16.3. The third kappa shape index (κ3) is 14.4. The van der Waals surface area contributed by atoms with E-state index < -0.39 is 48.3 Å². The topological polar surface area (TPSA) is 180 Å². The van der Waals surface area contributed by atoms with Crippen molar-refractivity contribution < 1.29 is 54.8 Å². The number of halogens is 2. The van der Waals surface area contributed by atoms with Crippen LogP contribution in [0.15, 0.2) is 235 Å². The molecule has 0 spiro atoms. The molecule has 2 aliphatic rings. The molecular formula is C75H67F2N7O9SSi. The van der Waals surface area contributed by atoms with E-state index in [0.29, 0.717) is 53.2 Å². The number of anilines is 1. The predicted octanol–water partition coefficient (Wildman–Crippen LogP) is 13.4. The summed E-state index contributed by atoms with van der Waals surface area (Å²) in [4.78, 5) is 43.1. The fraction of sp³-hybridized carbons (Fsp3) is 0.173. The Labute approximate surface area is 550 Å². The SMILES string of the molecule is CN(C)c1cc[n+](S(=O)(=O)N=C([O-])Oc2c3c(c(OC(c4ccccc4)c4ccccc4)c4ncccc24)C(=O)N(Cc2ccc(F)cc2)C3)cc1.C[Si](C)(C)CCOc1c2c(c(OC(c3ccccc3)c3ccccc3)c3ncccc13)C(=O)N(Cc1ccc(F)cc1)C2. The quantitative estimate of drug-likeness (QED) is 0.0305. The molecule has 16 nitrogen and oxygen atoms in total. The minimum Gasteiger partial charge on any atom is -0.564 e. The second kappa shape index (κ2) is 27.8. The smallest absolute Gasteiger partial charge is 0.493 e. The molecule has 0 aliphatic carbocycles. The summed E-state index contributed by atoms with van der Waals surface area (Å²) in [5, 5.41) is 14.5. The molecule has 13 rings (SSSR count). The van der Waals surface area contributed by atoms with Crippen LogP contribution in [-0.2, 0) is 36.4 Å². The van der Waals surface area contributed by atoms with E-state index in [1.54, 1.807) is 78.6 Å². The Morgan fingerprint density at radius 3 is 1.37 bits per heavy atom. The molecule has 2 amide bonds. The maximum absolute atomic E-state index is 14.4. The van der Waals surface area contributed by atoms with E-state index in [-0.39, 0.29) is 53.0 Å². The molecule has 3 aromatic heterocycles. The van der Waals surface area contributed by atoms with Crippen LogP contribution in [0.4, 0.5) is 14.5 Å². The normalized spacial score (nSPS) is 13.0. The molecular weight excluding hydrogens is 1240 g/mol. The van der Waals surface area contributed by atoms with Crippen molar-refractivity contribution in [2.24, 2.45) is 4.40 Å². The summed E-state index contributed by atoms with van der Waals surface area (Å²) in [6.07, 6.45) is 3.24. The number of hydrogen-bond donors (Lipinski definition) is 0. The minimum absolute atomic E-state index is 0.0375. The van der Waals surface area contributed by atoms with Crippen LogP contribution >= 0.6 is 0 Å². The molecule has 20 heteroatoms. The summed E-state index contributed by atoms with van der Waals surface area (Å²) in [5.74, 6) is -0.0951. The van der Waals surface area contributed by atoms with Crippen LogP contribution in [0.25, 0.3) is 21.8 Å². The number of benzene rings is 8. The number of amides is 2. The van der Waals surface area contributed by atoms with Gasteiger partial charge in [0.25, 0.3) is 11.8 Å².